The highest BCUT2D eigenvalue weighted by atomic mass is 15.2. The Balaban J connectivity index is 2.14. The van der Waals surface area contributed by atoms with E-state index in [9.17, 15) is 0 Å². The van der Waals surface area contributed by atoms with Gasteiger partial charge in [0.1, 0.15) is 0 Å². The van der Waals surface area contributed by atoms with Gasteiger partial charge in [-0.05, 0) is 24.1 Å². The van der Waals surface area contributed by atoms with Gasteiger partial charge < -0.3 is 10.2 Å². The minimum absolute atomic E-state index is 0.440. The van der Waals surface area contributed by atoms with Gasteiger partial charge >= 0.3 is 0 Å². The SMILES string of the molecule is CCc1ccc(N(C)c2cncc(CNC(C)C)n2)cc1. The Morgan fingerprint density at radius 2 is 1.86 bits per heavy atom. The molecule has 0 atom stereocenters. The number of anilines is 2. The molecular weight excluding hydrogens is 260 g/mol. The first kappa shape index (κ1) is 15.4. The first-order valence-electron chi connectivity index (χ1n) is 7.47. The van der Waals surface area contributed by atoms with Crippen LogP contribution in [0.3, 0.4) is 0 Å². The van der Waals surface area contributed by atoms with Crippen LogP contribution in [0.4, 0.5) is 11.5 Å². The zero-order chi connectivity index (χ0) is 15.2. The van der Waals surface area contributed by atoms with Crippen molar-refractivity contribution in [3.8, 4) is 0 Å². The van der Waals surface area contributed by atoms with Crippen LogP contribution in [0.25, 0.3) is 0 Å². The van der Waals surface area contributed by atoms with E-state index < -0.39 is 0 Å². The summed E-state index contributed by atoms with van der Waals surface area (Å²) in [6, 6.07) is 9.00. The van der Waals surface area contributed by atoms with Crippen molar-refractivity contribution in [3.05, 3.63) is 47.9 Å². The first-order valence-corrected chi connectivity index (χ1v) is 7.47. The lowest BCUT2D eigenvalue weighted by Gasteiger charge is -2.19. The van der Waals surface area contributed by atoms with Crippen molar-refractivity contribution >= 4 is 11.5 Å². The highest BCUT2D eigenvalue weighted by molar-refractivity contribution is 5.58. The van der Waals surface area contributed by atoms with Crippen molar-refractivity contribution in [1.82, 2.24) is 15.3 Å². The van der Waals surface area contributed by atoms with Gasteiger partial charge in [-0.25, -0.2) is 4.98 Å². The normalized spacial score (nSPS) is 10.9. The second-order valence-corrected chi connectivity index (χ2v) is 5.48. The molecule has 0 fully saturated rings. The summed E-state index contributed by atoms with van der Waals surface area (Å²) in [5, 5.41) is 3.36. The number of rotatable bonds is 6. The van der Waals surface area contributed by atoms with E-state index >= 15 is 0 Å². The van der Waals surface area contributed by atoms with Crippen molar-refractivity contribution in [1.29, 1.82) is 0 Å². The number of aryl methyl sites for hydroxylation is 1. The lowest BCUT2D eigenvalue weighted by atomic mass is 10.1. The molecule has 0 spiro atoms. The summed E-state index contributed by atoms with van der Waals surface area (Å²) in [5.74, 6) is 0.863. The van der Waals surface area contributed by atoms with Crippen molar-refractivity contribution in [3.63, 3.8) is 0 Å². The maximum Gasteiger partial charge on any atom is 0.151 e. The molecule has 0 aliphatic heterocycles. The minimum atomic E-state index is 0.440. The van der Waals surface area contributed by atoms with E-state index in [0.29, 0.717) is 6.04 Å². The summed E-state index contributed by atoms with van der Waals surface area (Å²) < 4.78 is 0. The molecule has 0 amide bonds. The molecule has 2 aromatic rings. The van der Waals surface area contributed by atoms with Crippen LogP contribution in [0.15, 0.2) is 36.7 Å². The van der Waals surface area contributed by atoms with Crippen LogP contribution in [-0.4, -0.2) is 23.1 Å². The van der Waals surface area contributed by atoms with Gasteiger partial charge in [0.15, 0.2) is 5.82 Å². The highest BCUT2D eigenvalue weighted by Gasteiger charge is 2.07. The second kappa shape index (κ2) is 7.18. The average molecular weight is 284 g/mol. The number of nitrogens with one attached hydrogen (secondary N) is 1. The third-order valence-corrected chi connectivity index (χ3v) is 3.44. The van der Waals surface area contributed by atoms with Crippen molar-refractivity contribution in [2.45, 2.75) is 39.8 Å². The zero-order valence-corrected chi connectivity index (χ0v) is 13.3. The quantitative estimate of drug-likeness (QED) is 0.883. The topological polar surface area (TPSA) is 41.1 Å². The molecule has 0 radical (unpaired) electrons. The Kier molecular flexibility index (Phi) is 5.28. The van der Waals surface area contributed by atoms with Crippen LogP contribution in [0.2, 0.25) is 0 Å². The number of hydrogen-bond donors (Lipinski definition) is 1. The summed E-state index contributed by atoms with van der Waals surface area (Å²) in [4.78, 5) is 11.0. The molecule has 0 saturated carbocycles. The zero-order valence-electron chi connectivity index (χ0n) is 13.3. The van der Waals surface area contributed by atoms with Gasteiger partial charge in [0.05, 0.1) is 11.9 Å². The van der Waals surface area contributed by atoms with E-state index in [-0.39, 0.29) is 0 Å². The van der Waals surface area contributed by atoms with Gasteiger partial charge in [0, 0.05) is 31.5 Å². The van der Waals surface area contributed by atoms with E-state index in [1.807, 2.05) is 13.2 Å². The molecule has 0 bridgehead atoms. The van der Waals surface area contributed by atoms with Gasteiger partial charge in [-0.1, -0.05) is 32.9 Å². The second-order valence-electron chi connectivity index (χ2n) is 5.48. The van der Waals surface area contributed by atoms with Crippen molar-refractivity contribution < 1.29 is 0 Å². The predicted octanol–water partition coefficient (Wildman–Crippen LogP) is 3.30. The van der Waals surface area contributed by atoms with E-state index in [4.69, 9.17) is 0 Å². The molecule has 1 aromatic carbocycles. The Bertz CT molecular complexity index is 563. The lowest BCUT2D eigenvalue weighted by molar-refractivity contribution is 0.580. The standard InChI is InChI=1S/C17H24N4/c1-5-14-6-8-16(9-7-14)21(4)17-12-18-10-15(20-17)11-19-13(2)3/h6-10,12-13,19H,5,11H2,1-4H3. The molecule has 4 heteroatoms. The molecule has 112 valence electrons. The van der Waals surface area contributed by atoms with Crippen LogP contribution in [0, 0.1) is 0 Å². The van der Waals surface area contributed by atoms with Crippen LogP contribution < -0.4 is 10.2 Å². The van der Waals surface area contributed by atoms with E-state index in [1.54, 1.807) is 6.20 Å². The van der Waals surface area contributed by atoms with E-state index in [2.05, 4.69) is 65.2 Å². The maximum absolute atomic E-state index is 4.66. The molecule has 0 aliphatic rings. The monoisotopic (exact) mass is 284 g/mol. The molecule has 21 heavy (non-hydrogen) atoms. The molecule has 2 rings (SSSR count). The Morgan fingerprint density at radius 1 is 1.14 bits per heavy atom. The smallest absolute Gasteiger partial charge is 0.151 e. The Hall–Kier alpha value is -1.94. The minimum Gasteiger partial charge on any atom is -0.328 e. The molecule has 1 aromatic heterocycles. The van der Waals surface area contributed by atoms with E-state index in [0.717, 1.165) is 30.2 Å². The lowest BCUT2D eigenvalue weighted by Crippen LogP contribution is -2.23. The summed E-state index contributed by atoms with van der Waals surface area (Å²) in [6.45, 7) is 7.15. The van der Waals surface area contributed by atoms with Crippen LogP contribution in [0.5, 0.6) is 0 Å². The number of benzene rings is 1. The fraction of sp³-hybridized carbons (Fsp3) is 0.412. The largest absolute Gasteiger partial charge is 0.328 e. The number of hydrogen-bond acceptors (Lipinski definition) is 4. The Morgan fingerprint density at radius 3 is 2.48 bits per heavy atom. The molecular formula is C17H24N4. The number of nitrogens with zero attached hydrogens (tertiary/aromatic N) is 3. The fourth-order valence-electron chi connectivity index (χ4n) is 2.04. The molecule has 0 saturated heterocycles. The molecule has 1 N–H and O–H groups in total. The highest BCUT2D eigenvalue weighted by Crippen LogP contribution is 2.21. The third kappa shape index (κ3) is 4.26. The molecule has 0 unspecified atom stereocenters. The fourth-order valence-corrected chi connectivity index (χ4v) is 2.04. The summed E-state index contributed by atoms with van der Waals surface area (Å²) in [6.07, 6.45) is 4.67. The summed E-state index contributed by atoms with van der Waals surface area (Å²) in [7, 11) is 2.02. The van der Waals surface area contributed by atoms with Crippen molar-refractivity contribution in [2.75, 3.05) is 11.9 Å². The van der Waals surface area contributed by atoms with Crippen LogP contribution >= 0.6 is 0 Å². The predicted molar refractivity (Wildman–Crippen MR) is 87.9 cm³/mol. The molecule has 4 nitrogen and oxygen atoms in total. The van der Waals surface area contributed by atoms with Gasteiger partial charge in [0.2, 0.25) is 0 Å². The van der Waals surface area contributed by atoms with Gasteiger partial charge in [-0.2, -0.15) is 0 Å². The molecule has 0 aliphatic carbocycles. The van der Waals surface area contributed by atoms with Crippen LogP contribution in [0.1, 0.15) is 32.0 Å². The maximum atomic E-state index is 4.66. The van der Waals surface area contributed by atoms with Gasteiger partial charge in [-0.3, -0.25) is 4.98 Å². The Labute approximate surface area is 127 Å². The third-order valence-electron chi connectivity index (χ3n) is 3.44. The van der Waals surface area contributed by atoms with Crippen LogP contribution in [-0.2, 0) is 13.0 Å². The number of aromatic nitrogens is 2. The van der Waals surface area contributed by atoms with Crippen molar-refractivity contribution in [2.24, 2.45) is 0 Å². The summed E-state index contributed by atoms with van der Waals surface area (Å²) >= 11 is 0. The van der Waals surface area contributed by atoms with Gasteiger partial charge in [0.25, 0.3) is 0 Å². The van der Waals surface area contributed by atoms with Gasteiger partial charge in [-0.15, -0.1) is 0 Å². The summed E-state index contributed by atoms with van der Waals surface area (Å²) in [5.41, 5.74) is 3.42. The molecule has 1 heterocycles. The average Bonchev–Trinajstić information content (AvgIpc) is 2.52. The van der Waals surface area contributed by atoms with E-state index in [1.165, 1.54) is 5.56 Å². The first-order chi connectivity index (χ1) is 10.1.